The van der Waals surface area contributed by atoms with Gasteiger partial charge in [0.25, 0.3) is 0 Å². The molecular formula is C25H24N6O2. The molecule has 2 aromatic carbocycles. The first-order chi connectivity index (χ1) is 15.9. The molecule has 0 saturated carbocycles. The summed E-state index contributed by atoms with van der Waals surface area (Å²) in [6, 6.07) is 22.7. The fourth-order valence-corrected chi connectivity index (χ4v) is 3.40. The molecule has 2 heterocycles. The number of rotatable bonds is 8. The van der Waals surface area contributed by atoms with Crippen molar-refractivity contribution >= 4 is 23.6 Å². The van der Waals surface area contributed by atoms with Crippen LogP contribution in [0.1, 0.15) is 12.5 Å². The van der Waals surface area contributed by atoms with E-state index < -0.39 is 11.5 Å². The summed E-state index contributed by atoms with van der Waals surface area (Å²) in [4.78, 5) is 31.7. The molecule has 0 aliphatic carbocycles. The van der Waals surface area contributed by atoms with Crippen LogP contribution < -0.4 is 10.2 Å². The van der Waals surface area contributed by atoms with Crippen LogP contribution in [0.25, 0.3) is 11.4 Å². The number of hydrogen-bond donors (Lipinski definition) is 2. The zero-order valence-electron chi connectivity index (χ0n) is 18.4. The normalized spacial score (nSPS) is 12.5. The molecule has 33 heavy (non-hydrogen) atoms. The summed E-state index contributed by atoms with van der Waals surface area (Å²) in [5, 5.41) is 12.9. The first kappa shape index (κ1) is 21.9. The van der Waals surface area contributed by atoms with Crippen LogP contribution in [0, 0.1) is 0 Å². The van der Waals surface area contributed by atoms with Gasteiger partial charge in [-0.3, -0.25) is 0 Å². The summed E-state index contributed by atoms with van der Waals surface area (Å²) in [7, 11) is 1.84. The molecule has 0 fully saturated rings. The maximum atomic E-state index is 12.1. The van der Waals surface area contributed by atoms with Crippen molar-refractivity contribution in [2.45, 2.75) is 18.9 Å². The van der Waals surface area contributed by atoms with Crippen molar-refractivity contribution in [3.05, 3.63) is 90.8 Å². The Labute approximate surface area is 192 Å². The number of aliphatic carboxylic acids is 1. The Morgan fingerprint density at radius 1 is 0.909 bits per heavy atom. The molecule has 2 aromatic heterocycles. The lowest BCUT2D eigenvalue weighted by Crippen LogP contribution is -2.46. The highest BCUT2D eigenvalue weighted by molar-refractivity contribution is 5.82. The van der Waals surface area contributed by atoms with Crippen molar-refractivity contribution in [1.82, 2.24) is 19.9 Å². The van der Waals surface area contributed by atoms with Gasteiger partial charge in [-0.1, -0.05) is 60.7 Å². The molecular weight excluding hydrogens is 416 g/mol. The van der Waals surface area contributed by atoms with Crippen molar-refractivity contribution in [3.8, 4) is 11.4 Å². The van der Waals surface area contributed by atoms with E-state index in [-0.39, 0.29) is 12.4 Å². The Bertz CT molecular complexity index is 1240. The van der Waals surface area contributed by atoms with Crippen molar-refractivity contribution in [1.29, 1.82) is 0 Å². The average Bonchev–Trinajstić information content (AvgIpc) is 2.85. The highest BCUT2D eigenvalue weighted by Crippen LogP contribution is 2.24. The molecule has 0 aliphatic rings. The molecule has 8 heteroatoms. The summed E-state index contributed by atoms with van der Waals surface area (Å²) in [5.41, 5.74) is 0.530. The number of hydrogen-bond acceptors (Lipinski definition) is 7. The van der Waals surface area contributed by atoms with Gasteiger partial charge in [0.05, 0.1) is 0 Å². The standard InChI is InChI=1S/C25H24N6O2/c1-25(23(32)33,17-18-9-5-3-6-10-18)30-24-27-16-14-21(29-24)31(2)20-13-15-26-22(28-20)19-11-7-4-8-12-19/h3-16H,17H2,1-2H3,(H,32,33)(H,27,29,30)/t25-/m1/s1. The van der Waals surface area contributed by atoms with Gasteiger partial charge < -0.3 is 15.3 Å². The monoisotopic (exact) mass is 440 g/mol. The first-order valence-electron chi connectivity index (χ1n) is 10.5. The van der Waals surface area contributed by atoms with Gasteiger partial charge in [-0.15, -0.1) is 0 Å². The number of aromatic nitrogens is 4. The topological polar surface area (TPSA) is 104 Å². The molecule has 0 unspecified atom stereocenters. The number of nitrogens with zero attached hydrogens (tertiary/aromatic N) is 5. The SMILES string of the molecule is CN(c1ccnc(N[C@](C)(Cc2ccccc2)C(=O)O)n1)c1ccnc(-c2ccccc2)n1. The van der Waals surface area contributed by atoms with E-state index in [2.05, 4.69) is 25.3 Å². The minimum Gasteiger partial charge on any atom is -0.480 e. The molecule has 0 amide bonds. The van der Waals surface area contributed by atoms with Crippen molar-refractivity contribution in [2.75, 3.05) is 17.3 Å². The minimum atomic E-state index is -1.28. The van der Waals surface area contributed by atoms with Gasteiger partial charge in [-0.25, -0.2) is 19.7 Å². The number of carboxylic acid groups (broad SMARTS) is 1. The molecule has 0 aliphatic heterocycles. The lowest BCUT2D eigenvalue weighted by molar-refractivity contribution is -0.141. The second-order valence-electron chi connectivity index (χ2n) is 7.83. The largest absolute Gasteiger partial charge is 0.480 e. The van der Waals surface area contributed by atoms with E-state index >= 15 is 0 Å². The highest BCUT2D eigenvalue weighted by Gasteiger charge is 2.34. The zero-order valence-corrected chi connectivity index (χ0v) is 18.4. The molecule has 0 bridgehead atoms. The fraction of sp³-hybridized carbons (Fsp3) is 0.160. The van der Waals surface area contributed by atoms with E-state index in [1.54, 1.807) is 36.4 Å². The van der Waals surface area contributed by atoms with Gasteiger partial charge in [0.15, 0.2) is 5.82 Å². The summed E-state index contributed by atoms with van der Waals surface area (Å²) in [6.45, 7) is 1.62. The number of carboxylic acids is 1. The fourth-order valence-electron chi connectivity index (χ4n) is 3.40. The molecule has 2 N–H and O–H groups in total. The Hall–Kier alpha value is -4.33. The summed E-state index contributed by atoms with van der Waals surface area (Å²) < 4.78 is 0. The summed E-state index contributed by atoms with van der Waals surface area (Å²) in [5.74, 6) is 1.06. The highest BCUT2D eigenvalue weighted by atomic mass is 16.4. The lowest BCUT2D eigenvalue weighted by Gasteiger charge is -2.27. The number of carbonyl (C=O) groups is 1. The van der Waals surface area contributed by atoms with E-state index in [4.69, 9.17) is 0 Å². The van der Waals surface area contributed by atoms with E-state index in [0.29, 0.717) is 17.5 Å². The Morgan fingerprint density at radius 3 is 2.18 bits per heavy atom. The van der Waals surface area contributed by atoms with Crippen molar-refractivity contribution in [3.63, 3.8) is 0 Å². The Balaban J connectivity index is 1.58. The van der Waals surface area contributed by atoms with Gasteiger partial charge in [0.2, 0.25) is 5.95 Å². The maximum Gasteiger partial charge on any atom is 0.329 e. The molecule has 8 nitrogen and oxygen atoms in total. The van der Waals surface area contributed by atoms with Crippen molar-refractivity contribution < 1.29 is 9.90 Å². The van der Waals surface area contributed by atoms with E-state index in [1.807, 2.05) is 67.7 Å². The Kier molecular flexibility index (Phi) is 6.26. The third-order valence-corrected chi connectivity index (χ3v) is 5.26. The smallest absolute Gasteiger partial charge is 0.329 e. The molecule has 4 rings (SSSR count). The van der Waals surface area contributed by atoms with Crippen LogP contribution in [0.15, 0.2) is 85.2 Å². The first-order valence-corrected chi connectivity index (χ1v) is 10.5. The second-order valence-corrected chi connectivity index (χ2v) is 7.83. The van der Waals surface area contributed by atoms with Crippen molar-refractivity contribution in [2.24, 2.45) is 0 Å². The van der Waals surface area contributed by atoms with E-state index in [0.717, 1.165) is 11.1 Å². The maximum absolute atomic E-state index is 12.1. The van der Waals surface area contributed by atoms with E-state index in [1.165, 1.54) is 0 Å². The minimum absolute atomic E-state index is 0.220. The van der Waals surface area contributed by atoms with Crippen LogP contribution >= 0.6 is 0 Å². The van der Waals surface area contributed by atoms with Gasteiger partial charge in [0, 0.05) is 31.4 Å². The van der Waals surface area contributed by atoms with Crippen LogP contribution in [0.3, 0.4) is 0 Å². The van der Waals surface area contributed by atoms with Gasteiger partial charge in [-0.05, 0) is 24.6 Å². The lowest BCUT2D eigenvalue weighted by atomic mass is 9.93. The zero-order chi connectivity index (χ0) is 23.3. The average molecular weight is 441 g/mol. The van der Waals surface area contributed by atoms with Crippen LogP contribution in [-0.2, 0) is 11.2 Å². The third kappa shape index (κ3) is 5.12. The predicted octanol–water partition coefficient (Wildman–Crippen LogP) is 4.20. The Morgan fingerprint density at radius 2 is 1.52 bits per heavy atom. The summed E-state index contributed by atoms with van der Waals surface area (Å²) >= 11 is 0. The second kappa shape index (κ2) is 9.44. The number of anilines is 3. The van der Waals surface area contributed by atoms with Gasteiger partial charge >= 0.3 is 5.97 Å². The van der Waals surface area contributed by atoms with Crippen LogP contribution in [-0.4, -0.2) is 43.6 Å². The van der Waals surface area contributed by atoms with E-state index in [9.17, 15) is 9.90 Å². The van der Waals surface area contributed by atoms with Crippen LogP contribution in [0.4, 0.5) is 17.6 Å². The molecule has 0 saturated heterocycles. The molecule has 4 aromatic rings. The predicted molar refractivity (Wildman–Crippen MR) is 127 cm³/mol. The molecule has 1 atom stereocenters. The third-order valence-electron chi connectivity index (χ3n) is 5.26. The molecule has 0 radical (unpaired) electrons. The van der Waals surface area contributed by atoms with Gasteiger partial charge in [0.1, 0.15) is 17.2 Å². The van der Waals surface area contributed by atoms with Crippen LogP contribution in [0.5, 0.6) is 0 Å². The number of benzene rings is 2. The quantitative estimate of drug-likeness (QED) is 0.420. The van der Waals surface area contributed by atoms with Gasteiger partial charge in [-0.2, -0.15) is 4.98 Å². The summed E-state index contributed by atoms with van der Waals surface area (Å²) in [6.07, 6.45) is 3.56. The number of nitrogens with one attached hydrogen (secondary N) is 1. The molecule has 166 valence electrons. The molecule has 0 spiro atoms. The van der Waals surface area contributed by atoms with Crippen LogP contribution in [0.2, 0.25) is 0 Å².